The predicted molar refractivity (Wildman–Crippen MR) is 80.5 cm³/mol. The number of rotatable bonds is 2. The van der Waals surface area contributed by atoms with Crippen molar-refractivity contribution >= 4 is 0 Å². The lowest BCUT2D eigenvalue weighted by molar-refractivity contribution is 0.130. The van der Waals surface area contributed by atoms with E-state index in [1.54, 1.807) is 5.56 Å². The summed E-state index contributed by atoms with van der Waals surface area (Å²) in [6.07, 6.45) is 4.01. The van der Waals surface area contributed by atoms with E-state index in [1.807, 2.05) is 0 Å². The molecule has 2 nitrogen and oxygen atoms in total. The molecule has 1 aromatic rings. The lowest BCUT2D eigenvalue weighted by Crippen LogP contribution is -2.48. The van der Waals surface area contributed by atoms with Gasteiger partial charge in [-0.3, -0.25) is 4.90 Å². The predicted octanol–water partition coefficient (Wildman–Crippen LogP) is 3.31. The number of fused-ring (bicyclic) bond motifs is 1. The standard InChI is InChI=1S/C17H26N2/c1-12-11-16(19-10-6-7-13(19)2)17(18-3)15-9-5-4-8-14(12)15/h4-5,8-9,12-13,16-18H,6-7,10-11H2,1-3H3. The third-order valence-corrected chi connectivity index (χ3v) is 5.18. The maximum atomic E-state index is 3.59. The van der Waals surface area contributed by atoms with Crippen molar-refractivity contribution in [3.05, 3.63) is 35.4 Å². The van der Waals surface area contributed by atoms with Crippen LogP contribution in [0.5, 0.6) is 0 Å². The SMILES string of the molecule is CNC1c2ccccc2C(C)CC1N1CCCC1C. The average molecular weight is 258 g/mol. The van der Waals surface area contributed by atoms with E-state index in [-0.39, 0.29) is 0 Å². The number of hydrogen-bond acceptors (Lipinski definition) is 2. The van der Waals surface area contributed by atoms with E-state index < -0.39 is 0 Å². The van der Waals surface area contributed by atoms with Gasteiger partial charge < -0.3 is 5.32 Å². The van der Waals surface area contributed by atoms with Crippen LogP contribution in [0.15, 0.2) is 24.3 Å². The minimum absolute atomic E-state index is 0.493. The molecule has 1 heterocycles. The van der Waals surface area contributed by atoms with Gasteiger partial charge in [-0.25, -0.2) is 0 Å². The molecule has 1 aromatic carbocycles. The van der Waals surface area contributed by atoms with E-state index in [0.717, 1.165) is 6.04 Å². The minimum Gasteiger partial charge on any atom is -0.312 e. The molecule has 1 aliphatic heterocycles. The smallest absolute Gasteiger partial charge is 0.0478 e. The van der Waals surface area contributed by atoms with Crippen molar-refractivity contribution in [1.82, 2.24) is 10.2 Å². The number of hydrogen-bond donors (Lipinski definition) is 1. The highest BCUT2D eigenvalue weighted by molar-refractivity contribution is 5.36. The Kier molecular flexibility index (Phi) is 3.64. The van der Waals surface area contributed by atoms with Crippen molar-refractivity contribution in [3.63, 3.8) is 0 Å². The van der Waals surface area contributed by atoms with Gasteiger partial charge in [-0.2, -0.15) is 0 Å². The molecule has 0 spiro atoms. The van der Waals surface area contributed by atoms with Crippen LogP contribution in [0.3, 0.4) is 0 Å². The first-order valence-corrected chi connectivity index (χ1v) is 7.74. The van der Waals surface area contributed by atoms with Crippen LogP contribution in [0.25, 0.3) is 0 Å². The lowest BCUT2D eigenvalue weighted by Gasteiger charge is -2.43. The number of benzene rings is 1. The van der Waals surface area contributed by atoms with E-state index in [9.17, 15) is 0 Å². The molecular weight excluding hydrogens is 232 g/mol. The maximum Gasteiger partial charge on any atom is 0.0478 e. The molecule has 4 atom stereocenters. The molecule has 0 saturated carbocycles. The van der Waals surface area contributed by atoms with Gasteiger partial charge in [0, 0.05) is 18.1 Å². The zero-order valence-electron chi connectivity index (χ0n) is 12.4. The Morgan fingerprint density at radius 3 is 2.53 bits per heavy atom. The van der Waals surface area contributed by atoms with Gasteiger partial charge in [-0.05, 0) is 56.8 Å². The van der Waals surface area contributed by atoms with Gasteiger partial charge in [0.25, 0.3) is 0 Å². The molecule has 1 N–H and O–H groups in total. The van der Waals surface area contributed by atoms with Crippen molar-refractivity contribution in [2.24, 2.45) is 0 Å². The second-order valence-electron chi connectivity index (χ2n) is 6.33. The zero-order chi connectivity index (χ0) is 13.4. The second kappa shape index (κ2) is 5.26. The Labute approximate surface area is 117 Å². The third kappa shape index (κ3) is 2.21. The van der Waals surface area contributed by atoms with Crippen molar-refractivity contribution in [1.29, 1.82) is 0 Å². The monoisotopic (exact) mass is 258 g/mol. The molecule has 1 aliphatic carbocycles. The summed E-state index contributed by atoms with van der Waals surface area (Å²) in [5.41, 5.74) is 3.07. The van der Waals surface area contributed by atoms with Crippen LogP contribution in [-0.2, 0) is 0 Å². The Hall–Kier alpha value is -0.860. The Bertz CT molecular complexity index is 443. The highest BCUT2D eigenvalue weighted by Crippen LogP contribution is 2.41. The van der Waals surface area contributed by atoms with E-state index >= 15 is 0 Å². The van der Waals surface area contributed by atoms with E-state index in [1.165, 1.54) is 31.4 Å². The van der Waals surface area contributed by atoms with E-state index in [2.05, 4.69) is 55.4 Å². The number of nitrogens with one attached hydrogen (secondary N) is 1. The summed E-state index contributed by atoms with van der Waals surface area (Å²) < 4.78 is 0. The van der Waals surface area contributed by atoms with Crippen molar-refractivity contribution in [3.8, 4) is 0 Å². The van der Waals surface area contributed by atoms with Crippen LogP contribution in [0.4, 0.5) is 0 Å². The molecule has 2 heteroatoms. The molecule has 2 aliphatic rings. The molecule has 1 saturated heterocycles. The highest BCUT2D eigenvalue weighted by Gasteiger charge is 2.38. The summed E-state index contributed by atoms with van der Waals surface area (Å²) in [5.74, 6) is 0.679. The molecule has 3 rings (SSSR count). The van der Waals surface area contributed by atoms with E-state index in [4.69, 9.17) is 0 Å². The molecule has 1 fully saturated rings. The van der Waals surface area contributed by atoms with Crippen molar-refractivity contribution < 1.29 is 0 Å². The average Bonchev–Trinajstić information content (AvgIpc) is 2.85. The van der Waals surface area contributed by atoms with Gasteiger partial charge in [0.15, 0.2) is 0 Å². The van der Waals surface area contributed by atoms with Gasteiger partial charge >= 0.3 is 0 Å². The first-order chi connectivity index (χ1) is 9.22. The molecule has 0 bridgehead atoms. The molecular formula is C17H26N2. The quantitative estimate of drug-likeness (QED) is 0.875. The largest absolute Gasteiger partial charge is 0.312 e. The van der Waals surface area contributed by atoms with Crippen LogP contribution in [0.2, 0.25) is 0 Å². The Morgan fingerprint density at radius 2 is 1.89 bits per heavy atom. The molecule has 0 radical (unpaired) electrons. The number of likely N-dealkylation sites (N-methyl/N-ethyl adjacent to an activating group) is 1. The number of nitrogens with zero attached hydrogens (tertiary/aromatic N) is 1. The minimum atomic E-state index is 0.493. The zero-order valence-corrected chi connectivity index (χ0v) is 12.4. The van der Waals surface area contributed by atoms with Gasteiger partial charge in [-0.1, -0.05) is 31.2 Å². The van der Waals surface area contributed by atoms with Crippen LogP contribution in [0, 0.1) is 0 Å². The first-order valence-electron chi connectivity index (χ1n) is 7.74. The summed E-state index contributed by atoms with van der Waals surface area (Å²) in [4.78, 5) is 2.74. The maximum absolute atomic E-state index is 3.59. The van der Waals surface area contributed by atoms with Crippen LogP contribution in [0.1, 0.15) is 56.2 Å². The molecule has 0 amide bonds. The fourth-order valence-corrected chi connectivity index (χ4v) is 4.20. The van der Waals surface area contributed by atoms with Crippen LogP contribution in [-0.4, -0.2) is 30.6 Å². The normalized spacial score (nSPS) is 35.3. The summed E-state index contributed by atoms with van der Waals surface area (Å²) in [7, 11) is 2.12. The van der Waals surface area contributed by atoms with Gasteiger partial charge in [0.2, 0.25) is 0 Å². The fourth-order valence-electron chi connectivity index (χ4n) is 4.20. The summed E-state index contributed by atoms with van der Waals surface area (Å²) in [6, 6.07) is 10.9. The van der Waals surface area contributed by atoms with Gasteiger partial charge in [0.1, 0.15) is 0 Å². The highest BCUT2D eigenvalue weighted by atomic mass is 15.2. The molecule has 19 heavy (non-hydrogen) atoms. The Morgan fingerprint density at radius 1 is 1.16 bits per heavy atom. The molecule has 0 aromatic heterocycles. The molecule has 4 unspecified atom stereocenters. The Balaban J connectivity index is 1.95. The second-order valence-corrected chi connectivity index (χ2v) is 6.33. The topological polar surface area (TPSA) is 15.3 Å². The summed E-state index contributed by atoms with van der Waals surface area (Å²) in [5, 5.41) is 3.59. The lowest BCUT2D eigenvalue weighted by atomic mass is 9.77. The fraction of sp³-hybridized carbons (Fsp3) is 0.647. The van der Waals surface area contributed by atoms with Crippen molar-refractivity contribution in [2.75, 3.05) is 13.6 Å². The van der Waals surface area contributed by atoms with E-state index in [0.29, 0.717) is 18.0 Å². The summed E-state index contributed by atoms with van der Waals surface area (Å²) in [6.45, 7) is 6.06. The third-order valence-electron chi connectivity index (χ3n) is 5.18. The van der Waals surface area contributed by atoms with Crippen molar-refractivity contribution in [2.45, 2.75) is 57.2 Å². The first kappa shape index (κ1) is 13.1. The number of likely N-dealkylation sites (tertiary alicyclic amines) is 1. The van der Waals surface area contributed by atoms with Gasteiger partial charge in [-0.15, -0.1) is 0 Å². The summed E-state index contributed by atoms with van der Waals surface area (Å²) >= 11 is 0. The van der Waals surface area contributed by atoms with Crippen LogP contribution >= 0.6 is 0 Å². The van der Waals surface area contributed by atoms with Crippen LogP contribution < -0.4 is 5.32 Å². The molecule has 104 valence electrons. The van der Waals surface area contributed by atoms with Gasteiger partial charge in [0.05, 0.1) is 0 Å².